The molecule has 1 rings (SSSR count). The van der Waals surface area contributed by atoms with Crippen LogP contribution in [0.3, 0.4) is 0 Å². The Morgan fingerprint density at radius 1 is 0.591 bits per heavy atom. The van der Waals surface area contributed by atoms with Gasteiger partial charge in [0.1, 0.15) is 48.3 Å². The summed E-state index contributed by atoms with van der Waals surface area (Å²) in [5.74, 6) is -9.34. The summed E-state index contributed by atoms with van der Waals surface area (Å²) in [5.41, 5.74) is 17.4. The van der Waals surface area contributed by atoms with Gasteiger partial charge in [0.25, 0.3) is 0 Å². The lowest BCUT2D eigenvalue weighted by atomic mass is 10.0. The molecule has 0 aliphatic rings. The number of carbonyl (C=O) groups is 10. The number of rotatable bonds is 30. The molecule has 0 fully saturated rings. The van der Waals surface area contributed by atoms with Gasteiger partial charge in [-0.1, -0.05) is 50.6 Å². The van der Waals surface area contributed by atoms with E-state index >= 15 is 0 Å². The molecular formula is C42H69N11O12S. The van der Waals surface area contributed by atoms with E-state index in [-0.39, 0.29) is 12.8 Å². The fourth-order valence-corrected chi connectivity index (χ4v) is 6.54. The summed E-state index contributed by atoms with van der Waals surface area (Å²) in [4.78, 5) is 130. The number of amides is 9. The number of nitrogens with one attached hydrogen (secondary N) is 8. The normalized spacial score (nSPS) is 15.6. The summed E-state index contributed by atoms with van der Waals surface area (Å²) >= 11 is 1.36. The number of aliphatic carboxylic acids is 1. The van der Waals surface area contributed by atoms with Crippen molar-refractivity contribution >= 4 is 70.9 Å². The molecular weight excluding hydrogens is 883 g/mol. The maximum Gasteiger partial charge on any atom is 0.326 e. The van der Waals surface area contributed by atoms with Crippen LogP contribution >= 0.6 is 11.8 Å². The number of hydrogen-bond acceptors (Lipinski definition) is 14. The predicted molar refractivity (Wildman–Crippen MR) is 244 cm³/mol. The zero-order valence-corrected chi connectivity index (χ0v) is 39.3. The van der Waals surface area contributed by atoms with Crippen LogP contribution in [0.4, 0.5) is 0 Å². The molecule has 0 radical (unpaired) electrons. The van der Waals surface area contributed by atoms with Crippen LogP contribution in [0.5, 0.6) is 0 Å². The summed E-state index contributed by atoms with van der Waals surface area (Å²) in [6.45, 7) is 8.85. The third-order valence-electron chi connectivity index (χ3n) is 10.1. The summed E-state index contributed by atoms with van der Waals surface area (Å²) in [5, 5.41) is 39.2. The third-order valence-corrected chi connectivity index (χ3v) is 10.7. The molecule has 10 atom stereocenters. The van der Waals surface area contributed by atoms with Crippen molar-refractivity contribution in [2.75, 3.05) is 18.6 Å². The maximum atomic E-state index is 13.8. The van der Waals surface area contributed by atoms with Gasteiger partial charge >= 0.3 is 5.97 Å². The number of thioether (sulfide) groups is 1. The van der Waals surface area contributed by atoms with Crippen molar-refractivity contribution in [3.63, 3.8) is 0 Å². The molecule has 0 spiro atoms. The van der Waals surface area contributed by atoms with Crippen LogP contribution in [0, 0.1) is 5.92 Å². The summed E-state index contributed by atoms with van der Waals surface area (Å²) in [6, 6.07) is -3.59. The molecule has 16 N–H and O–H groups in total. The third kappa shape index (κ3) is 21.0. The number of aliphatic hydroxyl groups excluding tert-OH is 1. The highest BCUT2D eigenvalue weighted by molar-refractivity contribution is 7.98. The van der Waals surface area contributed by atoms with Gasteiger partial charge in [0.2, 0.25) is 53.2 Å². The number of hydrogen-bond donors (Lipinski definition) is 13. The Kier molecular flexibility index (Phi) is 26.1. The van der Waals surface area contributed by atoms with E-state index in [4.69, 9.17) is 17.2 Å². The van der Waals surface area contributed by atoms with Gasteiger partial charge in [-0.15, -0.1) is 0 Å². The van der Waals surface area contributed by atoms with Gasteiger partial charge < -0.3 is 69.9 Å². The fraction of sp³-hybridized carbons (Fsp3) is 0.619. The van der Waals surface area contributed by atoms with Gasteiger partial charge in [0.05, 0.1) is 18.6 Å². The average molecular weight is 952 g/mol. The van der Waals surface area contributed by atoms with Crippen LogP contribution in [0.25, 0.3) is 0 Å². The Hall–Kier alpha value is -5.85. The van der Waals surface area contributed by atoms with Crippen LogP contribution in [0.2, 0.25) is 0 Å². The molecule has 0 heterocycles. The van der Waals surface area contributed by atoms with Gasteiger partial charge in [-0.3, -0.25) is 43.2 Å². The van der Waals surface area contributed by atoms with Crippen molar-refractivity contribution in [3.8, 4) is 0 Å². The first-order valence-electron chi connectivity index (χ1n) is 21.5. The second kappa shape index (κ2) is 29.6. The highest BCUT2D eigenvalue weighted by Crippen LogP contribution is 2.09. The zero-order chi connectivity index (χ0) is 50.3. The molecule has 1 aromatic rings. The Morgan fingerprint density at radius 3 is 1.56 bits per heavy atom. The number of benzene rings is 1. The second-order valence-corrected chi connectivity index (χ2v) is 17.2. The summed E-state index contributed by atoms with van der Waals surface area (Å²) < 4.78 is 0. The quantitative estimate of drug-likeness (QED) is 0.0331. The van der Waals surface area contributed by atoms with Gasteiger partial charge in [-0.25, -0.2) is 4.79 Å². The van der Waals surface area contributed by atoms with Gasteiger partial charge in [-0.2, -0.15) is 11.8 Å². The van der Waals surface area contributed by atoms with Crippen molar-refractivity contribution in [1.29, 1.82) is 0 Å². The SMILES string of the molecule is CSCC[C@H](NC(=O)[C@@H](NC(=O)[C@H](C)NC(=O)[C@H](Cc1ccccc1)NC(=O)[C@H](CC(N)=O)NC(=O)[C@H](C)NC(=O)[C@@H](NC(=O)[C@H](C)NC(=O)[C@@H](N)CCCCN)C(C)C)[C@@H](C)O)C(=O)O. The minimum atomic E-state index is -1.68. The molecule has 0 bridgehead atoms. The number of nitrogens with two attached hydrogens (primary N) is 3. The highest BCUT2D eigenvalue weighted by Gasteiger charge is 2.35. The molecule has 9 amide bonds. The Morgan fingerprint density at radius 2 is 1.06 bits per heavy atom. The van der Waals surface area contributed by atoms with Crippen LogP contribution < -0.4 is 59.7 Å². The molecule has 0 aliphatic heterocycles. The number of aliphatic hydroxyl groups is 1. The van der Waals surface area contributed by atoms with Gasteiger partial charge in [0, 0.05) is 6.42 Å². The lowest BCUT2D eigenvalue weighted by Crippen LogP contribution is -2.61. The van der Waals surface area contributed by atoms with Gasteiger partial charge in [-0.05, 0) is 77.0 Å². The van der Waals surface area contributed by atoms with E-state index in [9.17, 15) is 58.2 Å². The molecule has 0 aliphatic carbocycles. The Balaban J connectivity index is 3.16. The van der Waals surface area contributed by atoms with E-state index < -0.39 is 132 Å². The zero-order valence-electron chi connectivity index (χ0n) is 38.5. The van der Waals surface area contributed by atoms with Crippen molar-refractivity contribution in [2.24, 2.45) is 23.1 Å². The second-order valence-electron chi connectivity index (χ2n) is 16.2. The average Bonchev–Trinajstić information content (AvgIpc) is 3.24. The maximum absolute atomic E-state index is 13.8. The van der Waals surface area contributed by atoms with Gasteiger partial charge in [0.15, 0.2) is 0 Å². The summed E-state index contributed by atoms with van der Waals surface area (Å²) in [6.07, 6.45) is 1.08. The smallest absolute Gasteiger partial charge is 0.326 e. The van der Waals surface area contributed by atoms with Crippen molar-refractivity contribution in [1.82, 2.24) is 42.5 Å². The number of carboxylic acid groups (broad SMARTS) is 1. The molecule has 24 heteroatoms. The standard InChI is InChI=1S/C42H69N11O12S/c1-21(2)32(52-35(57)23(4)46-37(59)27(44)15-11-12-17-43)40(62)48-22(3)34(56)50-30(20-31(45)55)39(61)51-29(19-26-13-9-8-10-14-26)38(60)47-24(5)36(58)53-33(25(6)54)41(63)49-28(42(64)65)16-18-66-7/h8-10,13-14,21-25,27-30,32-33,54H,11-12,15-20,43-44H2,1-7H3,(H2,45,55)(H,46,59)(H,47,60)(H,48,62)(H,49,63)(H,50,56)(H,51,61)(H,52,57)(H,53,58)(H,64,65)/t22-,23-,24-,25+,27-,28-,29-,30-,32-,33-/m0/s1. The monoisotopic (exact) mass is 951 g/mol. The Labute approximate surface area is 388 Å². The number of carboxylic acids is 1. The predicted octanol–water partition coefficient (Wildman–Crippen LogP) is -3.63. The van der Waals surface area contributed by atoms with E-state index in [0.29, 0.717) is 37.1 Å². The molecule has 370 valence electrons. The van der Waals surface area contributed by atoms with Crippen LogP contribution in [-0.2, 0) is 54.4 Å². The van der Waals surface area contributed by atoms with E-state index in [0.717, 1.165) is 0 Å². The minimum absolute atomic E-state index is 0.0697. The van der Waals surface area contributed by atoms with E-state index in [1.165, 1.54) is 39.5 Å². The van der Waals surface area contributed by atoms with Crippen molar-refractivity contribution in [2.45, 2.75) is 141 Å². The molecule has 1 aromatic carbocycles. The molecule has 0 unspecified atom stereocenters. The number of unbranched alkanes of at least 4 members (excludes halogenated alkanes) is 1. The first kappa shape index (κ1) is 58.2. The fourth-order valence-electron chi connectivity index (χ4n) is 6.06. The highest BCUT2D eigenvalue weighted by atomic mass is 32.2. The molecule has 23 nitrogen and oxygen atoms in total. The largest absolute Gasteiger partial charge is 0.480 e. The lowest BCUT2D eigenvalue weighted by Gasteiger charge is -2.27. The van der Waals surface area contributed by atoms with Crippen LogP contribution in [-0.4, -0.2) is 148 Å². The van der Waals surface area contributed by atoms with Crippen LogP contribution in [0.15, 0.2) is 30.3 Å². The van der Waals surface area contributed by atoms with Crippen molar-refractivity contribution < 1.29 is 58.2 Å². The number of carbonyl (C=O) groups excluding carboxylic acids is 9. The minimum Gasteiger partial charge on any atom is -0.480 e. The number of primary amides is 1. The van der Waals surface area contributed by atoms with E-state index in [1.807, 2.05) is 0 Å². The molecule has 0 aromatic heterocycles. The first-order chi connectivity index (χ1) is 30.9. The van der Waals surface area contributed by atoms with Crippen LogP contribution in [0.1, 0.15) is 79.2 Å². The Bertz CT molecular complexity index is 1820. The lowest BCUT2D eigenvalue weighted by molar-refractivity contribution is -0.143. The van der Waals surface area contributed by atoms with Crippen molar-refractivity contribution in [3.05, 3.63) is 35.9 Å². The van der Waals surface area contributed by atoms with E-state index in [1.54, 1.807) is 50.4 Å². The first-order valence-corrected chi connectivity index (χ1v) is 22.9. The molecule has 0 saturated heterocycles. The van der Waals surface area contributed by atoms with E-state index in [2.05, 4.69) is 42.5 Å². The molecule has 66 heavy (non-hydrogen) atoms. The summed E-state index contributed by atoms with van der Waals surface area (Å²) in [7, 11) is 0. The molecule has 0 saturated carbocycles. The topological polar surface area (TPSA) is 385 Å².